The third-order valence-electron chi connectivity index (χ3n) is 11.1. The topological polar surface area (TPSA) is 131 Å². The Bertz CT molecular complexity index is 891. The first-order valence-electron chi connectivity index (χ1n) is 24.3. The van der Waals surface area contributed by atoms with Gasteiger partial charge in [-0.3, -0.25) is 13.8 Å². The molecule has 56 heavy (non-hydrogen) atoms. The summed E-state index contributed by atoms with van der Waals surface area (Å²) in [6.45, 7) is 4.17. The third kappa shape index (κ3) is 41.4. The van der Waals surface area contributed by atoms with E-state index in [0.717, 1.165) is 38.5 Å². The monoisotopic (exact) mass is 815 g/mol. The summed E-state index contributed by atoms with van der Waals surface area (Å²) in [6.07, 6.45) is 49.9. The molecule has 3 unspecified atom stereocenters. The molecular formula is C47H95N2O6P. The molecule has 0 aromatic carbocycles. The summed E-state index contributed by atoms with van der Waals surface area (Å²) in [4.78, 5) is 22.8. The fraction of sp³-hybridized carbons (Fsp3) is 0.936. The Morgan fingerprint density at radius 2 is 0.911 bits per heavy atom. The number of carbonyl (C=O) groups is 1. The Morgan fingerprint density at radius 3 is 1.27 bits per heavy atom. The van der Waals surface area contributed by atoms with Crippen LogP contribution in [0.1, 0.15) is 251 Å². The Hall–Kier alpha value is -0.760. The van der Waals surface area contributed by atoms with Crippen LogP contribution in [0.3, 0.4) is 0 Å². The maximum atomic E-state index is 12.8. The van der Waals surface area contributed by atoms with Gasteiger partial charge >= 0.3 is 7.82 Å². The molecule has 1 amide bonds. The maximum absolute atomic E-state index is 12.8. The number of aliphatic hydroxyl groups excluding tert-OH is 1. The lowest BCUT2D eigenvalue weighted by molar-refractivity contribution is -0.123. The quantitative estimate of drug-likeness (QED) is 0.0273. The molecule has 0 aliphatic rings. The van der Waals surface area contributed by atoms with Crippen LogP contribution < -0.4 is 11.1 Å². The maximum Gasteiger partial charge on any atom is 0.472 e. The molecule has 0 heterocycles. The lowest BCUT2D eigenvalue weighted by atomic mass is 10.0. The van der Waals surface area contributed by atoms with E-state index in [2.05, 4.69) is 19.2 Å². The van der Waals surface area contributed by atoms with Crippen molar-refractivity contribution in [2.24, 2.45) is 5.73 Å². The van der Waals surface area contributed by atoms with Crippen molar-refractivity contribution in [1.29, 1.82) is 0 Å². The second-order valence-corrected chi connectivity index (χ2v) is 18.1. The van der Waals surface area contributed by atoms with Crippen LogP contribution in [0.15, 0.2) is 12.2 Å². The first-order valence-corrected chi connectivity index (χ1v) is 25.8. The standard InChI is InChI=1S/C47H95N2O6P/c1-3-5-7-9-11-13-15-17-19-20-21-22-23-24-25-26-27-29-31-33-35-37-39-41-47(51)49-45(44-55-56(52,53)54-43-42-48)46(50)40-38-36-34-32-30-28-18-16-14-12-10-8-6-4-2/h38,40,45-46,50H,3-37,39,41-44,48H2,1-2H3,(H,49,51)(H,52,53)/b40-38+. The van der Waals surface area contributed by atoms with Crippen LogP contribution in [-0.2, 0) is 18.4 Å². The molecule has 0 bridgehead atoms. The van der Waals surface area contributed by atoms with Crippen LogP contribution in [0, 0.1) is 0 Å². The highest BCUT2D eigenvalue weighted by Gasteiger charge is 2.26. The molecule has 5 N–H and O–H groups in total. The van der Waals surface area contributed by atoms with Gasteiger partial charge in [-0.2, -0.15) is 0 Å². The zero-order valence-electron chi connectivity index (χ0n) is 37.1. The molecular weight excluding hydrogens is 719 g/mol. The second-order valence-electron chi connectivity index (χ2n) is 16.7. The zero-order valence-corrected chi connectivity index (χ0v) is 38.0. The van der Waals surface area contributed by atoms with Crippen LogP contribution in [0.2, 0.25) is 0 Å². The SMILES string of the molecule is CCCCCCCCCCCCCC/C=C/C(O)C(COP(=O)(O)OCCN)NC(=O)CCCCCCCCCCCCCCCCCCCCCCCCC. The number of hydrogen-bond donors (Lipinski definition) is 4. The van der Waals surface area contributed by atoms with Crippen molar-refractivity contribution < 1.29 is 28.4 Å². The first-order chi connectivity index (χ1) is 27.4. The van der Waals surface area contributed by atoms with E-state index in [1.807, 2.05) is 6.08 Å². The van der Waals surface area contributed by atoms with Gasteiger partial charge in [0.1, 0.15) is 0 Å². The van der Waals surface area contributed by atoms with E-state index in [0.29, 0.717) is 6.42 Å². The number of phosphoric ester groups is 1. The van der Waals surface area contributed by atoms with Crippen molar-refractivity contribution in [2.45, 2.75) is 264 Å². The number of aliphatic hydroxyl groups is 1. The molecule has 0 saturated heterocycles. The van der Waals surface area contributed by atoms with Gasteiger partial charge < -0.3 is 21.1 Å². The number of phosphoric acid groups is 1. The van der Waals surface area contributed by atoms with Gasteiger partial charge in [-0.15, -0.1) is 0 Å². The molecule has 0 aromatic heterocycles. The largest absolute Gasteiger partial charge is 0.472 e. The Labute approximate surface area is 347 Å². The zero-order chi connectivity index (χ0) is 41.1. The lowest BCUT2D eigenvalue weighted by Crippen LogP contribution is -2.45. The molecule has 0 fully saturated rings. The predicted molar refractivity (Wildman–Crippen MR) is 240 cm³/mol. The van der Waals surface area contributed by atoms with Gasteiger partial charge in [-0.1, -0.05) is 238 Å². The molecule has 334 valence electrons. The summed E-state index contributed by atoms with van der Waals surface area (Å²) < 4.78 is 22.2. The molecule has 9 heteroatoms. The van der Waals surface area contributed by atoms with Gasteiger partial charge in [-0.25, -0.2) is 4.57 Å². The molecule has 0 rings (SSSR count). The van der Waals surface area contributed by atoms with Crippen LogP contribution in [-0.4, -0.2) is 47.8 Å². The molecule has 0 aliphatic carbocycles. The predicted octanol–water partition coefficient (Wildman–Crippen LogP) is 14.0. The highest BCUT2D eigenvalue weighted by molar-refractivity contribution is 7.47. The number of carbonyl (C=O) groups excluding carboxylic acids is 1. The number of allylic oxidation sites excluding steroid dienone is 1. The van der Waals surface area contributed by atoms with E-state index >= 15 is 0 Å². The Morgan fingerprint density at radius 1 is 0.571 bits per heavy atom. The van der Waals surface area contributed by atoms with Crippen LogP contribution >= 0.6 is 7.82 Å². The molecule has 0 radical (unpaired) electrons. The first kappa shape index (κ1) is 55.2. The molecule has 0 aromatic rings. The number of unbranched alkanes of at least 4 members (excludes halogenated alkanes) is 34. The Kier molecular flexibility index (Phi) is 43.2. The molecule has 0 spiro atoms. The van der Waals surface area contributed by atoms with Crippen molar-refractivity contribution in [2.75, 3.05) is 19.8 Å². The van der Waals surface area contributed by atoms with Crippen LogP contribution in [0.5, 0.6) is 0 Å². The normalized spacial score (nSPS) is 14.0. The van der Waals surface area contributed by atoms with E-state index in [4.69, 9.17) is 14.8 Å². The lowest BCUT2D eigenvalue weighted by Gasteiger charge is -2.23. The second kappa shape index (κ2) is 43.8. The summed E-state index contributed by atoms with van der Waals surface area (Å²) >= 11 is 0. The number of rotatable bonds is 46. The van der Waals surface area contributed by atoms with Crippen molar-refractivity contribution in [3.05, 3.63) is 12.2 Å². The van der Waals surface area contributed by atoms with Gasteiger partial charge in [0.05, 0.1) is 25.4 Å². The summed E-state index contributed by atoms with van der Waals surface area (Å²) in [7, 11) is -4.33. The summed E-state index contributed by atoms with van der Waals surface area (Å²) in [6, 6.07) is -0.854. The van der Waals surface area contributed by atoms with E-state index in [1.165, 1.54) is 193 Å². The van der Waals surface area contributed by atoms with Crippen molar-refractivity contribution in [3.8, 4) is 0 Å². The number of amides is 1. The fourth-order valence-electron chi connectivity index (χ4n) is 7.43. The van der Waals surface area contributed by atoms with Crippen molar-refractivity contribution in [1.82, 2.24) is 5.32 Å². The highest BCUT2D eigenvalue weighted by Crippen LogP contribution is 2.43. The van der Waals surface area contributed by atoms with Gasteiger partial charge in [0.15, 0.2) is 0 Å². The van der Waals surface area contributed by atoms with E-state index in [-0.39, 0.29) is 25.7 Å². The van der Waals surface area contributed by atoms with E-state index < -0.39 is 20.0 Å². The minimum atomic E-state index is -4.33. The smallest absolute Gasteiger partial charge is 0.387 e. The van der Waals surface area contributed by atoms with Gasteiger partial charge in [0, 0.05) is 13.0 Å². The van der Waals surface area contributed by atoms with Gasteiger partial charge in [-0.05, 0) is 19.3 Å². The van der Waals surface area contributed by atoms with Crippen LogP contribution in [0.4, 0.5) is 0 Å². The van der Waals surface area contributed by atoms with Crippen LogP contribution in [0.25, 0.3) is 0 Å². The van der Waals surface area contributed by atoms with Crippen molar-refractivity contribution >= 4 is 13.7 Å². The molecule has 3 atom stereocenters. The van der Waals surface area contributed by atoms with E-state index in [1.54, 1.807) is 6.08 Å². The number of nitrogens with two attached hydrogens (primary N) is 1. The summed E-state index contributed by atoms with van der Waals surface area (Å²) in [5, 5.41) is 13.7. The molecule has 0 saturated carbocycles. The van der Waals surface area contributed by atoms with Crippen molar-refractivity contribution in [3.63, 3.8) is 0 Å². The molecule has 0 aliphatic heterocycles. The Balaban J connectivity index is 4.03. The third-order valence-corrected chi connectivity index (χ3v) is 12.1. The van der Waals surface area contributed by atoms with E-state index in [9.17, 15) is 19.4 Å². The van der Waals surface area contributed by atoms with Gasteiger partial charge in [0.25, 0.3) is 0 Å². The summed E-state index contributed by atoms with van der Waals surface area (Å²) in [5.74, 6) is -0.189. The number of nitrogens with one attached hydrogen (secondary N) is 1. The average Bonchev–Trinajstić information content (AvgIpc) is 3.19. The van der Waals surface area contributed by atoms with Gasteiger partial charge in [0.2, 0.25) is 5.91 Å². The number of hydrogen-bond acceptors (Lipinski definition) is 6. The average molecular weight is 815 g/mol. The fourth-order valence-corrected chi connectivity index (χ4v) is 8.19. The minimum absolute atomic E-state index is 0.0815. The highest BCUT2D eigenvalue weighted by atomic mass is 31.2. The minimum Gasteiger partial charge on any atom is -0.387 e. The summed E-state index contributed by atoms with van der Waals surface area (Å²) in [5.41, 5.74) is 5.38. The molecule has 8 nitrogen and oxygen atoms in total.